The van der Waals surface area contributed by atoms with Crippen LogP contribution >= 0.6 is 11.3 Å². The van der Waals surface area contributed by atoms with Crippen LogP contribution in [0, 0.1) is 18.8 Å². The van der Waals surface area contributed by atoms with Crippen LogP contribution in [-0.2, 0) is 4.79 Å². The first-order chi connectivity index (χ1) is 7.95. The summed E-state index contributed by atoms with van der Waals surface area (Å²) in [5.41, 5.74) is 5.63. The van der Waals surface area contributed by atoms with Crippen molar-refractivity contribution in [3.63, 3.8) is 0 Å². The second kappa shape index (κ2) is 6.17. The number of thiophene rings is 1. The highest BCUT2D eigenvalue weighted by Gasteiger charge is 2.22. The van der Waals surface area contributed by atoms with Crippen LogP contribution in [0.4, 0.5) is 0 Å². The van der Waals surface area contributed by atoms with Crippen LogP contribution in [-0.4, -0.2) is 12.5 Å². The van der Waals surface area contributed by atoms with E-state index in [1.165, 1.54) is 9.75 Å². The van der Waals surface area contributed by atoms with Gasteiger partial charge in [0.25, 0.3) is 0 Å². The standard InChI is InChI=1S/C13H22N2OS/c1-8(2)11(7-14)13(16)15-10(4)12-6-5-9(3)17-12/h5-6,8,10-11H,7,14H2,1-4H3,(H,15,16). The summed E-state index contributed by atoms with van der Waals surface area (Å²) in [6.07, 6.45) is 0. The van der Waals surface area contributed by atoms with Gasteiger partial charge >= 0.3 is 0 Å². The van der Waals surface area contributed by atoms with E-state index in [9.17, 15) is 4.79 Å². The third kappa shape index (κ3) is 3.82. The molecule has 1 amide bonds. The zero-order valence-corrected chi connectivity index (χ0v) is 11.8. The molecule has 2 atom stereocenters. The van der Waals surface area contributed by atoms with Gasteiger partial charge in [0.1, 0.15) is 0 Å². The lowest BCUT2D eigenvalue weighted by atomic mass is 9.95. The quantitative estimate of drug-likeness (QED) is 0.848. The lowest BCUT2D eigenvalue weighted by Gasteiger charge is -2.21. The molecule has 0 aliphatic heterocycles. The van der Waals surface area contributed by atoms with Crippen LogP contribution in [0.5, 0.6) is 0 Å². The van der Waals surface area contributed by atoms with Crippen molar-refractivity contribution in [1.82, 2.24) is 5.32 Å². The van der Waals surface area contributed by atoms with E-state index < -0.39 is 0 Å². The van der Waals surface area contributed by atoms with Crippen LogP contribution < -0.4 is 11.1 Å². The first kappa shape index (κ1) is 14.2. The number of rotatable bonds is 5. The fourth-order valence-corrected chi connectivity index (χ4v) is 2.64. The smallest absolute Gasteiger partial charge is 0.225 e. The van der Waals surface area contributed by atoms with Crippen LogP contribution in [0.15, 0.2) is 12.1 Å². The molecule has 4 heteroatoms. The van der Waals surface area contributed by atoms with Crippen molar-refractivity contribution in [2.45, 2.75) is 33.7 Å². The summed E-state index contributed by atoms with van der Waals surface area (Å²) in [5, 5.41) is 3.03. The summed E-state index contributed by atoms with van der Waals surface area (Å²) >= 11 is 1.72. The van der Waals surface area contributed by atoms with Crippen molar-refractivity contribution in [2.75, 3.05) is 6.54 Å². The van der Waals surface area contributed by atoms with Gasteiger partial charge in [-0.15, -0.1) is 11.3 Å². The average molecular weight is 254 g/mol. The molecule has 3 nitrogen and oxygen atoms in total. The minimum atomic E-state index is -0.0986. The monoisotopic (exact) mass is 254 g/mol. The molecule has 0 aromatic carbocycles. The molecule has 0 saturated carbocycles. The van der Waals surface area contributed by atoms with E-state index in [0.29, 0.717) is 6.54 Å². The van der Waals surface area contributed by atoms with Gasteiger partial charge in [0.15, 0.2) is 0 Å². The molecule has 1 aromatic heterocycles. The molecule has 2 unspecified atom stereocenters. The van der Waals surface area contributed by atoms with Gasteiger partial charge in [0.05, 0.1) is 12.0 Å². The van der Waals surface area contributed by atoms with Crippen LogP contribution in [0.2, 0.25) is 0 Å². The maximum absolute atomic E-state index is 12.0. The summed E-state index contributed by atoms with van der Waals surface area (Å²) in [7, 11) is 0. The number of hydrogen-bond donors (Lipinski definition) is 2. The van der Waals surface area contributed by atoms with Gasteiger partial charge in [-0.2, -0.15) is 0 Å². The summed E-state index contributed by atoms with van der Waals surface area (Å²) in [5.74, 6) is 0.233. The zero-order valence-electron chi connectivity index (χ0n) is 11.0. The molecule has 0 aliphatic carbocycles. The molecule has 0 spiro atoms. The van der Waals surface area contributed by atoms with Gasteiger partial charge in [-0.25, -0.2) is 0 Å². The molecular weight excluding hydrogens is 232 g/mol. The number of hydrogen-bond acceptors (Lipinski definition) is 3. The fraction of sp³-hybridized carbons (Fsp3) is 0.615. The molecule has 1 heterocycles. The van der Waals surface area contributed by atoms with Crippen molar-refractivity contribution >= 4 is 17.2 Å². The second-order valence-electron chi connectivity index (χ2n) is 4.76. The molecule has 0 aliphatic rings. The molecule has 1 rings (SSSR count). The Morgan fingerprint density at radius 3 is 2.47 bits per heavy atom. The van der Waals surface area contributed by atoms with Gasteiger partial charge in [-0.05, 0) is 31.9 Å². The van der Waals surface area contributed by atoms with E-state index in [4.69, 9.17) is 5.73 Å². The minimum Gasteiger partial charge on any atom is -0.348 e. The fourth-order valence-electron chi connectivity index (χ4n) is 1.76. The van der Waals surface area contributed by atoms with Crippen molar-refractivity contribution in [2.24, 2.45) is 17.6 Å². The number of carbonyl (C=O) groups excluding carboxylic acids is 1. The van der Waals surface area contributed by atoms with Gasteiger partial charge in [0.2, 0.25) is 5.91 Å². The van der Waals surface area contributed by atoms with Crippen molar-refractivity contribution in [3.8, 4) is 0 Å². The predicted molar refractivity (Wildman–Crippen MR) is 73.0 cm³/mol. The van der Waals surface area contributed by atoms with Crippen LogP contribution in [0.25, 0.3) is 0 Å². The van der Waals surface area contributed by atoms with Gasteiger partial charge in [0, 0.05) is 16.3 Å². The Labute approximate surface area is 107 Å². The predicted octanol–water partition coefficient (Wildman–Crippen LogP) is 2.46. The van der Waals surface area contributed by atoms with E-state index in [1.54, 1.807) is 11.3 Å². The molecule has 0 fully saturated rings. The Hall–Kier alpha value is -0.870. The number of aryl methyl sites for hydroxylation is 1. The summed E-state index contributed by atoms with van der Waals surface area (Å²) in [6, 6.07) is 4.21. The first-order valence-corrected chi connectivity index (χ1v) is 6.84. The summed E-state index contributed by atoms with van der Waals surface area (Å²) < 4.78 is 0. The number of amides is 1. The van der Waals surface area contributed by atoms with E-state index in [0.717, 1.165) is 0 Å². The number of nitrogens with two attached hydrogens (primary N) is 1. The highest BCUT2D eigenvalue weighted by molar-refractivity contribution is 7.12. The molecule has 17 heavy (non-hydrogen) atoms. The Balaban J connectivity index is 2.62. The molecule has 1 aromatic rings. The summed E-state index contributed by atoms with van der Waals surface area (Å²) in [4.78, 5) is 14.5. The van der Waals surface area contributed by atoms with Crippen LogP contribution in [0.1, 0.15) is 36.6 Å². The van der Waals surface area contributed by atoms with E-state index >= 15 is 0 Å². The van der Waals surface area contributed by atoms with Crippen molar-refractivity contribution in [3.05, 3.63) is 21.9 Å². The molecule has 3 N–H and O–H groups in total. The van der Waals surface area contributed by atoms with E-state index in [1.807, 2.05) is 20.8 Å². The maximum atomic E-state index is 12.0. The molecule has 0 bridgehead atoms. The molecule has 0 saturated heterocycles. The lowest BCUT2D eigenvalue weighted by molar-refractivity contribution is -0.126. The first-order valence-electron chi connectivity index (χ1n) is 6.02. The Morgan fingerprint density at radius 2 is 2.06 bits per heavy atom. The molecular formula is C13H22N2OS. The Bertz CT molecular complexity index is 373. The topological polar surface area (TPSA) is 55.1 Å². The maximum Gasteiger partial charge on any atom is 0.225 e. The van der Waals surface area contributed by atoms with Gasteiger partial charge < -0.3 is 11.1 Å². The molecule has 96 valence electrons. The Morgan fingerprint density at radius 1 is 1.41 bits per heavy atom. The molecule has 0 radical (unpaired) electrons. The van der Waals surface area contributed by atoms with Crippen molar-refractivity contribution < 1.29 is 4.79 Å². The van der Waals surface area contributed by atoms with Crippen LogP contribution in [0.3, 0.4) is 0 Å². The van der Waals surface area contributed by atoms with E-state index in [2.05, 4.69) is 24.4 Å². The number of carbonyl (C=O) groups is 1. The summed E-state index contributed by atoms with van der Waals surface area (Å²) in [6.45, 7) is 8.53. The normalized spacial score (nSPS) is 14.7. The van der Waals surface area contributed by atoms with E-state index in [-0.39, 0.29) is 23.8 Å². The highest BCUT2D eigenvalue weighted by atomic mass is 32.1. The zero-order chi connectivity index (χ0) is 13.0. The van der Waals surface area contributed by atoms with Gasteiger partial charge in [-0.3, -0.25) is 4.79 Å². The van der Waals surface area contributed by atoms with Gasteiger partial charge in [-0.1, -0.05) is 13.8 Å². The Kier molecular flexibility index (Phi) is 5.15. The van der Waals surface area contributed by atoms with Crippen molar-refractivity contribution in [1.29, 1.82) is 0 Å². The second-order valence-corrected chi connectivity index (χ2v) is 6.08. The largest absolute Gasteiger partial charge is 0.348 e. The lowest BCUT2D eigenvalue weighted by Crippen LogP contribution is -2.38. The minimum absolute atomic E-state index is 0.0565. The average Bonchev–Trinajstić information content (AvgIpc) is 2.65. The third-order valence-electron chi connectivity index (χ3n) is 2.94. The highest BCUT2D eigenvalue weighted by Crippen LogP contribution is 2.23. The number of nitrogens with one attached hydrogen (secondary N) is 1. The third-order valence-corrected chi connectivity index (χ3v) is 4.13. The SMILES string of the molecule is Cc1ccc(C(C)NC(=O)C(CN)C(C)C)s1.